The van der Waals surface area contributed by atoms with Gasteiger partial charge in [0.2, 0.25) is 5.91 Å². The lowest BCUT2D eigenvalue weighted by atomic mass is 9.75. The number of hydrogen-bond acceptors (Lipinski definition) is 1. The van der Waals surface area contributed by atoms with Gasteiger partial charge in [0.15, 0.2) is 0 Å². The van der Waals surface area contributed by atoms with Crippen LogP contribution in [0.25, 0.3) is 0 Å². The fourth-order valence-electron chi connectivity index (χ4n) is 4.57. The van der Waals surface area contributed by atoms with E-state index in [1.54, 1.807) is 0 Å². The minimum Gasteiger partial charge on any atom is -0.323 e. The van der Waals surface area contributed by atoms with Crippen LogP contribution in [0.3, 0.4) is 0 Å². The maximum Gasteiger partial charge on any atom is 0.233 e. The van der Waals surface area contributed by atoms with Crippen LogP contribution >= 0.6 is 0 Å². The van der Waals surface area contributed by atoms with E-state index in [0.29, 0.717) is 0 Å². The third-order valence-corrected chi connectivity index (χ3v) is 5.94. The maximum absolute atomic E-state index is 13.7. The second-order valence-electron chi connectivity index (χ2n) is 7.71. The number of likely N-dealkylation sites (tertiary alicyclic amines) is 1. The minimum atomic E-state index is -0.163. The molecule has 4 aromatic carbocycles. The van der Waals surface area contributed by atoms with Crippen LogP contribution in [-0.4, -0.2) is 10.8 Å². The highest BCUT2D eigenvalue weighted by molar-refractivity contribution is 5.92. The van der Waals surface area contributed by atoms with Crippen LogP contribution in [0.15, 0.2) is 121 Å². The number of rotatable bonds is 5. The normalized spacial score (nSPS) is 18.3. The van der Waals surface area contributed by atoms with Gasteiger partial charge >= 0.3 is 0 Å². The van der Waals surface area contributed by atoms with E-state index in [1.807, 2.05) is 60.7 Å². The number of nitrogens with zero attached hydrogens (tertiary/aromatic N) is 1. The fraction of sp³-hybridized carbons (Fsp3) is 0.107. The lowest BCUT2D eigenvalue weighted by molar-refractivity contribution is -0.153. The summed E-state index contributed by atoms with van der Waals surface area (Å²) in [6, 6.07) is 41.1. The Kier molecular flexibility index (Phi) is 4.90. The summed E-state index contributed by atoms with van der Waals surface area (Å²) in [6.45, 7) is 0. The van der Waals surface area contributed by atoms with Gasteiger partial charge in [0.05, 0.1) is 18.0 Å². The molecule has 2 atom stereocenters. The van der Waals surface area contributed by atoms with Gasteiger partial charge in [-0.05, 0) is 22.3 Å². The van der Waals surface area contributed by atoms with Gasteiger partial charge in [0.1, 0.15) is 0 Å². The summed E-state index contributed by atoms with van der Waals surface area (Å²) >= 11 is 0. The summed E-state index contributed by atoms with van der Waals surface area (Å²) in [5.41, 5.74) is 4.50. The van der Waals surface area contributed by atoms with Crippen LogP contribution in [0.1, 0.15) is 40.3 Å². The number of benzene rings is 4. The first-order chi connectivity index (χ1) is 14.8. The molecule has 5 rings (SSSR count). The van der Waals surface area contributed by atoms with Crippen molar-refractivity contribution in [3.05, 3.63) is 144 Å². The number of amides is 1. The molecular formula is C28H23NO. The Balaban J connectivity index is 1.64. The van der Waals surface area contributed by atoms with Gasteiger partial charge in [-0.2, -0.15) is 0 Å². The van der Waals surface area contributed by atoms with Crippen LogP contribution in [0, 0.1) is 0 Å². The first-order valence-corrected chi connectivity index (χ1v) is 10.4. The SMILES string of the molecule is O=C1[C@@H](c2ccccc2)[C@@H](c2ccccc2)N1C(c1ccccc1)c1ccccc1. The van der Waals surface area contributed by atoms with Crippen molar-refractivity contribution in [2.75, 3.05) is 0 Å². The summed E-state index contributed by atoms with van der Waals surface area (Å²) in [7, 11) is 0. The van der Waals surface area contributed by atoms with Crippen molar-refractivity contribution in [2.45, 2.75) is 18.0 Å². The molecule has 1 aliphatic rings. The highest BCUT2D eigenvalue weighted by Crippen LogP contribution is 2.52. The van der Waals surface area contributed by atoms with Gasteiger partial charge in [-0.15, -0.1) is 0 Å². The molecule has 0 unspecified atom stereocenters. The Morgan fingerprint density at radius 3 is 1.40 bits per heavy atom. The number of β-lactam (4-membered cyclic amide) rings is 1. The van der Waals surface area contributed by atoms with Crippen LogP contribution in [-0.2, 0) is 4.79 Å². The first kappa shape index (κ1) is 18.4. The smallest absolute Gasteiger partial charge is 0.233 e. The van der Waals surface area contributed by atoms with E-state index >= 15 is 0 Å². The Labute approximate surface area is 177 Å². The van der Waals surface area contributed by atoms with E-state index in [1.165, 1.54) is 5.56 Å². The van der Waals surface area contributed by atoms with Crippen molar-refractivity contribution in [1.29, 1.82) is 0 Å². The second-order valence-corrected chi connectivity index (χ2v) is 7.71. The van der Waals surface area contributed by atoms with Crippen molar-refractivity contribution in [3.8, 4) is 0 Å². The van der Waals surface area contributed by atoms with Crippen molar-refractivity contribution in [2.24, 2.45) is 0 Å². The Bertz CT molecular complexity index is 1070. The average Bonchev–Trinajstić information content (AvgIpc) is 2.83. The van der Waals surface area contributed by atoms with Crippen LogP contribution in [0.4, 0.5) is 0 Å². The number of carbonyl (C=O) groups is 1. The molecule has 1 fully saturated rings. The Hall–Kier alpha value is -3.65. The molecule has 0 aliphatic carbocycles. The van der Waals surface area contributed by atoms with Gasteiger partial charge < -0.3 is 4.90 Å². The molecule has 1 saturated heterocycles. The third-order valence-electron chi connectivity index (χ3n) is 5.94. The summed E-state index contributed by atoms with van der Waals surface area (Å²) in [6.07, 6.45) is 0. The summed E-state index contributed by atoms with van der Waals surface area (Å²) in [5.74, 6) is 0.0104. The molecule has 0 spiro atoms. The maximum atomic E-state index is 13.7. The molecule has 1 heterocycles. The molecule has 4 aromatic rings. The monoisotopic (exact) mass is 389 g/mol. The largest absolute Gasteiger partial charge is 0.323 e. The summed E-state index contributed by atoms with van der Waals surface area (Å²) in [4.78, 5) is 15.7. The molecule has 2 heteroatoms. The zero-order valence-electron chi connectivity index (χ0n) is 16.6. The molecule has 0 radical (unpaired) electrons. The van der Waals surface area contributed by atoms with E-state index < -0.39 is 0 Å². The standard InChI is InChI=1S/C28H23NO/c30-28-25(21-13-5-1-6-14-21)27(24-19-11-4-12-20-24)29(28)26(22-15-7-2-8-16-22)23-17-9-3-10-18-23/h1-20,25-27H/t25-,27+/m0/s1. The van der Waals surface area contributed by atoms with E-state index in [0.717, 1.165) is 16.7 Å². The molecule has 2 nitrogen and oxygen atoms in total. The van der Waals surface area contributed by atoms with Crippen LogP contribution in [0.5, 0.6) is 0 Å². The van der Waals surface area contributed by atoms with Crippen LogP contribution in [0.2, 0.25) is 0 Å². The molecule has 146 valence electrons. The lowest BCUT2D eigenvalue weighted by Crippen LogP contribution is -2.54. The first-order valence-electron chi connectivity index (χ1n) is 10.4. The molecule has 1 aliphatic heterocycles. The van der Waals surface area contributed by atoms with Crippen molar-refractivity contribution in [1.82, 2.24) is 4.90 Å². The van der Waals surface area contributed by atoms with Gasteiger partial charge in [-0.1, -0.05) is 121 Å². The number of carbonyl (C=O) groups excluding carboxylic acids is 1. The Morgan fingerprint density at radius 1 is 0.533 bits per heavy atom. The average molecular weight is 389 g/mol. The van der Waals surface area contributed by atoms with Crippen molar-refractivity contribution < 1.29 is 4.79 Å². The summed E-state index contributed by atoms with van der Waals surface area (Å²) < 4.78 is 0. The molecule has 0 aromatic heterocycles. The second kappa shape index (κ2) is 8.00. The molecule has 1 amide bonds. The predicted molar refractivity (Wildman–Crippen MR) is 120 cm³/mol. The summed E-state index contributed by atoms with van der Waals surface area (Å²) in [5, 5.41) is 0. The topological polar surface area (TPSA) is 20.3 Å². The van der Waals surface area contributed by atoms with Gasteiger partial charge in [-0.25, -0.2) is 0 Å². The van der Waals surface area contributed by atoms with E-state index in [-0.39, 0.29) is 23.9 Å². The van der Waals surface area contributed by atoms with Crippen molar-refractivity contribution in [3.63, 3.8) is 0 Å². The van der Waals surface area contributed by atoms with Gasteiger partial charge in [0.25, 0.3) is 0 Å². The van der Waals surface area contributed by atoms with E-state index in [9.17, 15) is 4.79 Å². The minimum absolute atomic E-state index is 0.00786. The van der Waals surface area contributed by atoms with E-state index in [2.05, 4.69) is 65.6 Å². The van der Waals surface area contributed by atoms with E-state index in [4.69, 9.17) is 0 Å². The molecule has 30 heavy (non-hydrogen) atoms. The van der Waals surface area contributed by atoms with Crippen molar-refractivity contribution >= 4 is 5.91 Å². The van der Waals surface area contributed by atoms with Crippen LogP contribution < -0.4 is 0 Å². The fourth-order valence-corrected chi connectivity index (χ4v) is 4.57. The Morgan fingerprint density at radius 2 is 0.933 bits per heavy atom. The quantitative estimate of drug-likeness (QED) is 0.375. The highest BCUT2D eigenvalue weighted by Gasteiger charge is 2.52. The molecular weight excluding hydrogens is 366 g/mol. The number of hydrogen-bond donors (Lipinski definition) is 0. The van der Waals surface area contributed by atoms with Gasteiger partial charge in [0, 0.05) is 0 Å². The molecule has 0 N–H and O–H groups in total. The van der Waals surface area contributed by atoms with Gasteiger partial charge in [-0.3, -0.25) is 4.79 Å². The zero-order chi connectivity index (χ0) is 20.3. The molecule has 0 saturated carbocycles. The predicted octanol–water partition coefficient (Wildman–Crippen LogP) is 6.14. The lowest BCUT2D eigenvalue weighted by Gasteiger charge is -2.52. The highest BCUT2D eigenvalue weighted by atomic mass is 16.2. The third kappa shape index (κ3) is 3.21. The molecule has 0 bridgehead atoms. The zero-order valence-corrected chi connectivity index (χ0v) is 16.6.